The van der Waals surface area contributed by atoms with Crippen molar-refractivity contribution >= 4 is 23.3 Å². The number of nitro benzene ring substituents is 1. The average molecular weight is 378 g/mol. The van der Waals surface area contributed by atoms with Crippen LogP contribution in [0.1, 0.15) is 25.3 Å². The van der Waals surface area contributed by atoms with Crippen LogP contribution in [0, 0.1) is 10.1 Å². The minimum atomic E-state index is -0.803. The first kappa shape index (κ1) is 20.4. The van der Waals surface area contributed by atoms with Crippen LogP contribution in [0.15, 0.2) is 29.5 Å². The van der Waals surface area contributed by atoms with Crippen LogP contribution >= 0.6 is 0 Å². The molecule has 1 heterocycles. The van der Waals surface area contributed by atoms with E-state index >= 15 is 0 Å². The van der Waals surface area contributed by atoms with Crippen molar-refractivity contribution in [2.24, 2.45) is 0 Å². The zero-order valence-corrected chi connectivity index (χ0v) is 15.5. The Morgan fingerprint density at radius 2 is 1.96 bits per heavy atom. The molecule has 9 nitrogen and oxygen atoms in total. The molecule has 0 saturated carbocycles. The Hall–Kier alpha value is -2.94. The van der Waals surface area contributed by atoms with Gasteiger partial charge in [0.2, 0.25) is 0 Å². The number of aryl methyl sites for hydroxylation is 1. The Kier molecular flexibility index (Phi) is 6.89. The van der Waals surface area contributed by atoms with Crippen molar-refractivity contribution < 1.29 is 28.7 Å². The summed E-state index contributed by atoms with van der Waals surface area (Å²) in [6, 6.07) is 4.79. The number of carbonyl (C=O) groups excluding carboxylic acids is 2. The Labute approximate surface area is 156 Å². The molecule has 0 unspecified atom stereocenters. The van der Waals surface area contributed by atoms with Crippen LogP contribution in [0.2, 0.25) is 0 Å². The van der Waals surface area contributed by atoms with Crippen LogP contribution in [0.3, 0.4) is 0 Å². The summed E-state index contributed by atoms with van der Waals surface area (Å²) in [5.74, 6) is -1.56. The van der Waals surface area contributed by atoms with Gasteiger partial charge in [-0.25, -0.2) is 9.59 Å². The van der Waals surface area contributed by atoms with Gasteiger partial charge >= 0.3 is 11.9 Å². The first-order valence-electron chi connectivity index (χ1n) is 8.46. The maximum absolute atomic E-state index is 12.3. The number of nitro groups is 1. The SMILES string of the molecule is CCCCc1ccc(N2COCC(C(=O)OC)=C2C(=O)OC)c([N+](=O)[O-])c1. The number of esters is 2. The molecule has 0 radical (unpaired) electrons. The molecule has 9 heteroatoms. The highest BCUT2D eigenvalue weighted by molar-refractivity contribution is 6.03. The summed E-state index contributed by atoms with van der Waals surface area (Å²) in [4.78, 5) is 36.7. The van der Waals surface area contributed by atoms with Crippen molar-refractivity contribution in [3.8, 4) is 0 Å². The molecule has 0 fully saturated rings. The third-order valence-corrected chi connectivity index (χ3v) is 4.18. The number of hydrogen-bond acceptors (Lipinski definition) is 8. The van der Waals surface area contributed by atoms with Crippen LogP contribution < -0.4 is 4.90 Å². The number of ether oxygens (including phenoxy) is 3. The molecule has 0 aromatic heterocycles. The summed E-state index contributed by atoms with van der Waals surface area (Å²) in [6.07, 6.45) is 2.58. The molecule has 1 aliphatic heterocycles. The van der Waals surface area contributed by atoms with Gasteiger partial charge in [0.05, 0.1) is 31.3 Å². The van der Waals surface area contributed by atoms with E-state index in [9.17, 15) is 19.7 Å². The zero-order valence-electron chi connectivity index (χ0n) is 15.5. The molecule has 0 amide bonds. The van der Waals surface area contributed by atoms with Gasteiger partial charge in [-0.2, -0.15) is 0 Å². The normalized spacial score (nSPS) is 14.1. The molecular weight excluding hydrogens is 356 g/mol. The fraction of sp³-hybridized carbons (Fsp3) is 0.444. The lowest BCUT2D eigenvalue weighted by atomic mass is 10.1. The molecule has 27 heavy (non-hydrogen) atoms. The Morgan fingerprint density at radius 3 is 2.56 bits per heavy atom. The quantitative estimate of drug-likeness (QED) is 0.404. The van der Waals surface area contributed by atoms with Crippen LogP contribution in [0.5, 0.6) is 0 Å². The van der Waals surface area contributed by atoms with Crippen LogP contribution in [-0.4, -0.2) is 44.4 Å². The topological polar surface area (TPSA) is 108 Å². The van der Waals surface area contributed by atoms with Crippen LogP contribution in [-0.2, 0) is 30.2 Å². The van der Waals surface area contributed by atoms with E-state index < -0.39 is 16.9 Å². The number of hydrogen-bond donors (Lipinski definition) is 0. The molecule has 146 valence electrons. The maximum atomic E-state index is 12.3. The average Bonchev–Trinajstić information content (AvgIpc) is 2.70. The second-order valence-electron chi connectivity index (χ2n) is 5.90. The van der Waals surface area contributed by atoms with Gasteiger partial charge in [0.15, 0.2) is 0 Å². The lowest BCUT2D eigenvalue weighted by Crippen LogP contribution is -2.39. The minimum absolute atomic E-state index is 0.0556. The third-order valence-electron chi connectivity index (χ3n) is 4.18. The van der Waals surface area contributed by atoms with Gasteiger partial charge in [-0.1, -0.05) is 19.4 Å². The predicted octanol–water partition coefficient (Wildman–Crippen LogP) is 2.33. The van der Waals surface area contributed by atoms with Crippen molar-refractivity contribution in [1.29, 1.82) is 0 Å². The van der Waals surface area contributed by atoms with E-state index in [1.807, 2.05) is 6.92 Å². The third kappa shape index (κ3) is 4.43. The van der Waals surface area contributed by atoms with E-state index in [-0.39, 0.29) is 36.0 Å². The molecule has 1 aliphatic rings. The summed E-state index contributed by atoms with van der Waals surface area (Å²) in [5, 5.41) is 11.6. The largest absolute Gasteiger partial charge is 0.466 e. The number of rotatable bonds is 7. The predicted molar refractivity (Wildman–Crippen MR) is 96.1 cm³/mol. The van der Waals surface area contributed by atoms with Gasteiger partial charge in [-0.15, -0.1) is 0 Å². The molecule has 1 aromatic carbocycles. The van der Waals surface area contributed by atoms with Gasteiger partial charge in [0.1, 0.15) is 18.1 Å². The van der Waals surface area contributed by atoms with E-state index in [2.05, 4.69) is 0 Å². The number of nitrogens with zero attached hydrogens (tertiary/aromatic N) is 2. The number of carbonyl (C=O) groups is 2. The first-order valence-corrected chi connectivity index (χ1v) is 8.46. The molecule has 0 aliphatic carbocycles. The summed E-state index contributed by atoms with van der Waals surface area (Å²) < 4.78 is 14.8. The lowest BCUT2D eigenvalue weighted by Gasteiger charge is -2.31. The van der Waals surface area contributed by atoms with Gasteiger partial charge < -0.3 is 19.1 Å². The Morgan fingerprint density at radius 1 is 1.26 bits per heavy atom. The summed E-state index contributed by atoms with van der Waals surface area (Å²) in [7, 11) is 2.34. The molecular formula is C18H22N2O7. The van der Waals surface area contributed by atoms with Crippen molar-refractivity contribution in [3.05, 3.63) is 45.1 Å². The number of benzene rings is 1. The van der Waals surface area contributed by atoms with E-state index in [1.54, 1.807) is 12.1 Å². The van der Waals surface area contributed by atoms with Gasteiger partial charge in [-0.05, 0) is 24.5 Å². The molecule has 0 spiro atoms. The highest BCUT2D eigenvalue weighted by Gasteiger charge is 2.35. The second kappa shape index (κ2) is 9.13. The standard InChI is InChI=1S/C18H22N2O7/c1-4-5-6-12-7-8-14(15(9-12)20(23)24)19-11-27-10-13(17(21)25-2)16(19)18(22)26-3/h7-9H,4-6,10-11H2,1-3H3. The number of methoxy groups -OCH3 is 2. The molecule has 1 aromatic rings. The zero-order chi connectivity index (χ0) is 20.0. The van der Waals surface area contributed by atoms with Crippen molar-refractivity contribution in [1.82, 2.24) is 0 Å². The summed E-state index contributed by atoms with van der Waals surface area (Å²) >= 11 is 0. The first-order chi connectivity index (χ1) is 12.9. The molecule has 0 bridgehead atoms. The van der Waals surface area contributed by atoms with Crippen LogP contribution in [0.25, 0.3) is 0 Å². The number of unbranched alkanes of at least 4 members (excludes halogenated alkanes) is 1. The van der Waals surface area contributed by atoms with E-state index in [0.717, 1.165) is 18.4 Å². The minimum Gasteiger partial charge on any atom is -0.466 e. The fourth-order valence-corrected chi connectivity index (χ4v) is 2.81. The van der Waals surface area contributed by atoms with Gasteiger partial charge in [-0.3, -0.25) is 10.1 Å². The molecule has 0 atom stereocenters. The van der Waals surface area contributed by atoms with E-state index in [0.29, 0.717) is 6.42 Å². The summed E-state index contributed by atoms with van der Waals surface area (Å²) in [5.41, 5.74) is 0.600. The number of anilines is 1. The van der Waals surface area contributed by atoms with Crippen LogP contribution in [0.4, 0.5) is 11.4 Å². The Balaban J connectivity index is 2.58. The van der Waals surface area contributed by atoms with E-state index in [4.69, 9.17) is 14.2 Å². The van der Waals surface area contributed by atoms with Gasteiger partial charge in [0, 0.05) is 6.07 Å². The Bertz CT molecular complexity index is 773. The maximum Gasteiger partial charge on any atom is 0.355 e. The summed E-state index contributed by atoms with van der Waals surface area (Å²) in [6.45, 7) is 1.74. The molecule has 0 N–H and O–H groups in total. The smallest absolute Gasteiger partial charge is 0.355 e. The molecule has 2 rings (SSSR count). The monoisotopic (exact) mass is 378 g/mol. The van der Waals surface area contributed by atoms with Crippen molar-refractivity contribution in [3.63, 3.8) is 0 Å². The lowest BCUT2D eigenvalue weighted by molar-refractivity contribution is -0.384. The highest BCUT2D eigenvalue weighted by atomic mass is 16.6. The van der Waals surface area contributed by atoms with Crippen molar-refractivity contribution in [2.75, 3.05) is 32.5 Å². The fourth-order valence-electron chi connectivity index (χ4n) is 2.81. The highest BCUT2D eigenvalue weighted by Crippen LogP contribution is 2.35. The molecule has 0 saturated heterocycles. The second-order valence-corrected chi connectivity index (χ2v) is 5.90. The van der Waals surface area contributed by atoms with E-state index in [1.165, 1.54) is 25.2 Å². The van der Waals surface area contributed by atoms with Gasteiger partial charge in [0.25, 0.3) is 5.69 Å². The van der Waals surface area contributed by atoms with Crippen molar-refractivity contribution in [2.45, 2.75) is 26.2 Å².